The monoisotopic (exact) mass is 437 g/mol. The zero-order valence-electron chi connectivity index (χ0n) is 16.5. The van der Waals surface area contributed by atoms with Crippen molar-refractivity contribution in [2.45, 2.75) is 30.9 Å². The maximum absolute atomic E-state index is 12.9. The zero-order chi connectivity index (χ0) is 21.2. The van der Waals surface area contributed by atoms with Crippen LogP contribution in [-0.2, 0) is 14.8 Å². The SMILES string of the molecule is COc1cc(C(C)=O)ccc1OC(=O)C1CCCN(S(=O)(=O)c2ccc(C)s2)C1. The molecule has 1 unspecified atom stereocenters. The molecule has 0 N–H and O–H groups in total. The van der Waals surface area contributed by atoms with E-state index in [1.165, 1.54) is 41.8 Å². The number of sulfonamides is 1. The Morgan fingerprint density at radius 3 is 2.55 bits per heavy atom. The third-order valence-corrected chi connectivity index (χ3v) is 8.14. The number of rotatable bonds is 6. The van der Waals surface area contributed by atoms with Crippen molar-refractivity contribution in [2.24, 2.45) is 5.92 Å². The molecular formula is C20H23NO6S2. The molecule has 2 aromatic rings. The van der Waals surface area contributed by atoms with Crippen LogP contribution in [0.15, 0.2) is 34.5 Å². The van der Waals surface area contributed by atoms with Crippen LogP contribution < -0.4 is 9.47 Å². The third-order valence-electron chi connectivity index (χ3n) is 4.81. The molecule has 1 aliphatic heterocycles. The van der Waals surface area contributed by atoms with E-state index in [0.29, 0.717) is 24.9 Å². The van der Waals surface area contributed by atoms with Crippen molar-refractivity contribution in [2.75, 3.05) is 20.2 Å². The van der Waals surface area contributed by atoms with Crippen LogP contribution >= 0.6 is 11.3 Å². The van der Waals surface area contributed by atoms with E-state index in [1.54, 1.807) is 18.2 Å². The molecule has 1 atom stereocenters. The van der Waals surface area contributed by atoms with E-state index in [1.807, 2.05) is 6.92 Å². The predicted octanol–water partition coefficient (Wildman–Crippen LogP) is 3.27. The first-order chi connectivity index (χ1) is 13.7. The molecule has 0 radical (unpaired) electrons. The second kappa shape index (κ2) is 8.64. The highest BCUT2D eigenvalue weighted by atomic mass is 32.2. The summed E-state index contributed by atoms with van der Waals surface area (Å²) in [5.74, 6) is -0.729. The molecule has 7 nitrogen and oxygen atoms in total. The normalized spacial score (nSPS) is 17.7. The molecule has 29 heavy (non-hydrogen) atoms. The number of methoxy groups -OCH3 is 1. The van der Waals surface area contributed by atoms with Crippen molar-refractivity contribution >= 4 is 33.1 Å². The van der Waals surface area contributed by atoms with Gasteiger partial charge in [-0.15, -0.1) is 11.3 Å². The van der Waals surface area contributed by atoms with Gasteiger partial charge in [-0.3, -0.25) is 9.59 Å². The molecule has 1 saturated heterocycles. The van der Waals surface area contributed by atoms with Gasteiger partial charge >= 0.3 is 5.97 Å². The standard InChI is InChI=1S/C20H23NO6S2/c1-13-6-9-19(28-13)29(24,25)21-10-4-5-16(12-21)20(23)27-17-8-7-15(14(2)22)11-18(17)26-3/h6-9,11,16H,4-5,10,12H2,1-3H3. The molecule has 0 bridgehead atoms. The molecule has 2 heterocycles. The molecule has 1 aromatic heterocycles. The van der Waals surface area contributed by atoms with Crippen LogP contribution in [0.1, 0.15) is 35.0 Å². The number of carbonyl (C=O) groups is 2. The number of hydrogen-bond acceptors (Lipinski definition) is 7. The summed E-state index contributed by atoms with van der Waals surface area (Å²) in [4.78, 5) is 25.1. The number of thiophene rings is 1. The van der Waals surface area contributed by atoms with Gasteiger partial charge < -0.3 is 9.47 Å². The van der Waals surface area contributed by atoms with Gasteiger partial charge in [-0.1, -0.05) is 0 Å². The molecule has 0 aliphatic carbocycles. The quantitative estimate of drug-likeness (QED) is 0.391. The first kappa shape index (κ1) is 21.5. The molecule has 156 valence electrons. The topological polar surface area (TPSA) is 90.0 Å². The summed E-state index contributed by atoms with van der Waals surface area (Å²) in [5, 5.41) is 0. The predicted molar refractivity (Wildman–Crippen MR) is 109 cm³/mol. The Labute approximate surface area is 174 Å². The van der Waals surface area contributed by atoms with Crippen LogP contribution in [0.5, 0.6) is 11.5 Å². The van der Waals surface area contributed by atoms with Crippen molar-refractivity contribution < 1.29 is 27.5 Å². The maximum atomic E-state index is 12.9. The van der Waals surface area contributed by atoms with Gasteiger partial charge in [0.2, 0.25) is 0 Å². The molecule has 1 aliphatic rings. The number of esters is 1. The molecule has 3 rings (SSSR count). The maximum Gasteiger partial charge on any atom is 0.315 e. The molecule has 9 heteroatoms. The lowest BCUT2D eigenvalue weighted by molar-refractivity contribution is -0.140. The number of Topliss-reactive ketones (excluding diaryl/α,β-unsaturated/α-hetero) is 1. The minimum atomic E-state index is -3.63. The number of piperidine rings is 1. The minimum absolute atomic E-state index is 0.0754. The van der Waals surface area contributed by atoms with Gasteiger partial charge in [-0.05, 0) is 57.0 Å². The lowest BCUT2D eigenvalue weighted by Crippen LogP contribution is -2.43. The number of carbonyl (C=O) groups excluding carboxylic acids is 2. The number of aryl methyl sites for hydroxylation is 1. The molecular weight excluding hydrogens is 414 g/mol. The van der Waals surface area contributed by atoms with E-state index in [2.05, 4.69) is 0 Å². The summed E-state index contributed by atoms with van der Waals surface area (Å²) in [5.41, 5.74) is 0.447. The summed E-state index contributed by atoms with van der Waals surface area (Å²) < 4.78 is 38.1. The summed E-state index contributed by atoms with van der Waals surface area (Å²) in [6.45, 7) is 3.74. The first-order valence-electron chi connectivity index (χ1n) is 9.19. The van der Waals surface area contributed by atoms with Crippen molar-refractivity contribution in [3.05, 3.63) is 40.8 Å². The fraction of sp³-hybridized carbons (Fsp3) is 0.400. The Morgan fingerprint density at radius 2 is 1.93 bits per heavy atom. The highest BCUT2D eigenvalue weighted by Gasteiger charge is 2.35. The molecule has 1 fully saturated rings. The van der Waals surface area contributed by atoms with Crippen LogP contribution in [0.2, 0.25) is 0 Å². The number of ketones is 1. The Morgan fingerprint density at radius 1 is 1.17 bits per heavy atom. The summed E-state index contributed by atoms with van der Waals surface area (Å²) in [6, 6.07) is 7.95. The Kier molecular flexibility index (Phi) is 6.40. The number of ether oxygens (including phenoxy) is 2. The average Bonchev–Trinajstić information content (AvgIpc) is 3.15. The lowest BCUT2D eigenvalue weighted by atomic mass is 10.00. The van der Waals surface area contributed by atoms with E-state index >= 15 is 0 Å². The van der Waals surface area contributed by atoms with Crippen molar-refractivity contribution in [1.29, 1.82) is 0 Å². The third kappa shape index (κ3) is 4.68. The van der Waals surface area contributed by atoms with E-state index < -0.39 is 21.9 Å². The Balaban J connectivity index is 1.74. The van der Waals surface area contributed by atoms with Crippen LogP contribution in [0, 0.1) is 12.8 Å². The van der Waals surface area contributed by atoms with Crippen LogP contribution in [-0.4, -0.2) is 44.7 Å². The van der Waals surface area contributed by atoms with Crippen molar-refractivity contribution in [1.82, 2.24) is 4.31 Å². The van der Waals surface area contributed by atoms with Gasteiger partial charge in [0.05, 0.1) is 13.0 Å². The first-order valence-corrected chi connectivity index (χ1v) is 11.5. The van der Waals surface area contributed by atoms with E-state index in [0.717, 1.165) is 4.88 Å². The van der Waals surface area contributed by atoms with E-state index in [9.17, 15) is 18.0 Å². The summed E-state index contributed by atoms with van der Waals surface area (Å²) in [7, 11) is -2.20. The molecule has 1 aromatic carbocycles. The van der Waals surface area contributed by atoms with Gasteiger partial charge in [0.15, 0.2) is 17.3 Å². The average molecular weight is 438 g/mol. The molecule has 0 saturated carbocycles. The van der Waals surface area contributed by atoms with Crippen LogP contribution in [0.25, 0.3) is 0 Å². The lowest BCUT2D eigenvalue weighted by Gasteiger charge is -2.30. The van der Waals surface area contributed by atoms with Gasteiger partial charge in [-0.2, -0.15) is 4.31 Å². The van der Waals surface area contributed by atoms with Crippen molar-refractivity contribution in [3.8, 4) is 11.5 Å². The molecule has 0 amide bonds. The fourth-order valence-electron chi connectivity index (χ4n) is 3.19. The van der Waals surface area contributed by atoms with Crippen LogP contribution in [0.3, 0.4) is 0 Å². The largest absolute Gasteiger partial charge is 0.493 e. The molecule has 0 spiro atoms. The number of nitrogens with zero attached hydrogens (tertiary/aromatic N) is 1. The Hall–Kier alpha value is -2.23. The highest BCUT2D eigenvalue weighted by molar-refractivity contribution is 7.91. The zero-order valence-corrected chi connectivity index (χ0v) is 18.1. The second-order valence-electron chi connectivity index (χ2n) is 6.91. The van der Waals surface area contributed by atoms with Gasteiger partial charge in [0.1, 0.15) is 4.21 Å². The Bertz CT molecular complexity index is 1030. The highest BCUT2D eigenvalue weighted by Crippen LogP contribution is 2.32. The van der Waals surface area contributed by atoms with Gasteiger partial charge in [-0.25, -0.2) is 8.42 Å². The summed E-state index contributed by atoms with van der Waals surface area (Å²) >= 11 is 1.22. The smallest absolute Gasteiger partial charge is 0.315 e. The van der Waals surface area contributed by atoms with E-state index in [4.69, 9.17) is 9.47 Å². The number of hydrogen-bond donors (Lipinski definition) is 0. The fourth-order valence-corrected chi connectivity index (χ4v) is 6.16. The van der Waals surface area contributed by atoms with Gasteiger partial charge in [0, 0.05) is 23.5 Å². The second-order valence-corrected chi connectivity index (χ2v) is 10.4. The minimum Gasteiger partial charge on any atom is -0.493 e. The summed E-state index contributed by atoms with van der Waals surface area (Å²) in [6.07, 6.45) is 1.12. The van der Waals surface area contributed by atoms with Gasteiger partial charge in [0.25, 0.3) is 10.0 Å². The van der Waals surface area contributed by atoms with E-state index in [-0.39, 0.29) is 28.0 Å². The number of benzene rings is 1. The van der Waals surface area contributed by atoms with Crippen molar-refractivity contribution in [3.63, 3.8) is 0 Å². The van der Waals surface area contributed by atoms with Crippen LogP contribution in [0.4, 0.5) is 0 Å².